The van der Waals surface area contributed by atoms with Crippen molar-refractivity contribution in [1.29, 1.82) is 5.26 Å². The molecule has 0 saturated carbocycles. The van der Waals surface area contributed by atoms with Crippen LogP contribution in [0.1, 0.15) is 24.5 Å². The molecule has 1 aliphatic rings. The maximum Gasteiger partial charge on any atom is 0.310 e. The molecule has 4 nitrogen and oxygen atoms in total. The normalized spacial score (nSPS) is 23.8. The van der Waals surface area contributed by atoms with Gasteiger partial charge in [-0.05, 0) is 37.6 Å². The lowest BCUT2D eigenvalue weighted by molar-refractivity contribution is -0.147. The third kappa shape index (κ3) is 2.52. The molecular formula is C14H16N2O2. The van der Waals surface area contributed by atoms with Gasteiger partial charge < -0.3 is 5.11 Å². The van der Waals surface area contributed by atoms with Crippen LogP contribution in [0.2, 0.25) is 0 Å². The number of carboxylic acids is 1. The van der Waals surface area contributed by atoms with Crippen molar-refractivity contribution in [2.24, 2.45) is 5.41 Å². The second-order valence-electron chi connectivity index (χ2n) is 5.14. The van der Waals surface area contributed by atoms with Crippen molar-refractivity contribution in [2.45, 2.75) is 19.9 Å². The summed E-state index contributed by atoms with van der Waals surface area (Å²) >= 11 is 0. The molecule has 0 amide bonds. The molecule has 1 aromatic carbocycles. The van der Waals surface area contributed by atoms with E-state index in [0.29, 0.717) is 18.5 Å². The molecular weight excluding hydrogens is 228 g/mol. The Morgan fingerprint density at radius 3 is 2.67 bits per heavy atom. The van der Waals surface area contributed by atoms with E-state index in [4.69, 9.17) is 10.4 Å². The van der Waals surface area contributed by atoms with Crippen LogP contribution in [-0.4, -0.2) is 29.1 Å². The number of nitrogens with zero attached hydrogens (tertiary/aromatic N) is 2. The van der Waals surface area contributed by atoms with Crippen LogP contribution in [0, 0.1) is 16.7 Å². The van der Waals surface area contributed by atoms with Crippen molar-refractivity contribution in [3.05, 3.63) is 35.4 Å². The number of nitriles is 1. The summed E-state index contributed by atoms with van der Waals surface area (Å²) in [5.74, 6) is -0.718. The number of hydrogen-bond acceptors (Lipinski definition) is 3. The van der Waals surface area contributed by atoms with E-state index in [1.165, 1.54) is 0 Å². The highest BCUT2D eigenvalue weighted by Crippen LogP contribution is 2.30. The van der Waals surface area contributed by atoms with Crippen LogP contribution in [-0.2, 0) is 11.3 Å². The van der Waals surface area contributed by atoms with Gasteiger partial charge in [-0.3, -0.25) is 9.69 Å². The molecule has 0 aliphatic carbocycles. The Labute approximate surface area is 106 Å². The lowest BCUT2D eigenvalue weighted by atomic mass is 9.90. The Balaban J connectivity index is 1.99. The second-order valence-corrected chi connectivity index (χ2v) is 5.14. The smallest absolute Gasteiger partial charge is 0.310 e. The first-order chi connectivity index (χ1) is 8.53. The zero-order valence-electron chi connectivity index (χ0n) is 10.4. The predicted molar refractivity (Wildman–Crippen MR) is 66.8 cm³/mol. The first-order valence-electron chi connectivity index (χ1n) is 5.98. The minimum atomic E-state index is -0.718. The minimum Gasteiger partial charge on any atom is -0.481 e. The van der Waals surface area contributed by atoms with Gasteiger partial charge in [-0.25, -0.2) is 0 Å². The van der Waals surface area contributed by atoms with E-state index in [-0.39, 0.29) is 0 Å². The Hall–Kier alpha value is -1.86. The van der Waals surface area contributed by atoms with Gasteiger partial charge in [-0.1, -0.05) is 12.1 Å². The van der Waals surface area contributed by atoms with Crippen molar-refractivity contribution in [2.75, 3.05) is 13.1 Å². The Morgan fingerprint density at radius 2 is 2.17 bits per heavy atom. The molecule has 94 valence electrons. The highest BCUT2D eigenvalue weighted by molar-refractivity contribution is 5.74. The average Bonchev–Trinajstić information content (AvgIpc) is 2.73. The van der Waals surface area contributed by atoms with Crippen molar-refractivity contribution >= 4 is 5.97 Å². The van der Waals surface area contributed by atoms with Crippen LogP contribution >= 0.6 is 0 Å². The summed E-state index contributed by atoms with van der Waals surface area (Å²) in [5, 5.41) is 17.9. The summed E-state index contributed by atoms with van der Waals surface area (Å²) in [4.78, 5) is 13.3. The topological polar surface area (TPSA) is 64.3 Å². The molecule has 1 aromatic rings. The monoisotopic (exact) mass is 244 g/mol. The van der Waals surface area contributed by atoms with Gasteiger partial charge in [0.05, 0.1) is 17.0 Å². The van der Waals surface area contributed by atoms with Crippen LogP contribution in [0.3, 0.4) is 0 Å². The molecule has 0 bridgehead atoms. The standard InChI is InChI=1S/C14H16N2O2/c1-14(13(17)18)6-7-16(10-14)9-12-4-2-11(8-15)3-5-12/h2-5H,6-7,9-10H2,1H3,(H,17,18). The van der Waals surface area contributed by atoms with E-state index in [9.17, 15) is 4.79 Å². The summed E-state index contributed by atoms with van der Waals surface area (Å²) in [6.45, 7) is 3.94. The number of carbonyl (C=O) groups is 1. The molecule has 1 saturated heterocycles. The van der Waals surface area contributed by atoms with E-state index >= 15 is 0 Å². The van der Waals surface area contributed by atoms with E-state index < -0.39 is 11.4 Å². The van der Waals surface area contributed by atoms with Crippen LogP contribution in [0.4, 0.5) is 0 Å². The Morgan fingerprint density at radius 1 is 1.50 bits per heavy atom. The number of hydrogen-bond donors (Lipinski definition) is 1. The van der Waals surface area contributed by atoms with Crippen molar-refractivity contribution in [1.82, 2.24) is 4.90 Å². The summed E-state index contributed by atoms with van der Waals surface area (Å²) in [6.07, 6.45) is 0.693. The molecule has 1 heterocycles. The molecule has 2 rings (SSSR count). The highest BCUT2D eigenvalue weighted by Gasteiger charge is 2.40. The average molecular weight is 244 g/mol. The molecule has 1 unspecified atom stereocenters. The van der Waals surface area contributed by atoms with E-state index in [0.717, 1.165) is 18.7 Å². The summed E-state index contributed by atoms with van der Waals surface area (Å²) < 4.78 is 0. The largest absolute Gasteiger partial charge is 0.481 e. The number of carboxylic acid groups (broad SMARTS) is 1. The lowest BCUT2D eigenvalue weighted by Crippen LogP contribution is -2.31. The SMILES string of the molecule is CC1(C(=O)O)CCN(Cc2ccc(C#N)cc2)C1. The molecule has 0 aromatic heterocycles. The van der Waals surface area contributed by atoms with E-state index in [1.54, 1.807) is 19.1 Å². The molecule has 18 heavy (non-hydrogen) atoms. The summed E-state index contributed by atoms with van der Waals surface area (Å²) in [7, 11) is 0. The quantitative estimate of drug-likeness (QED) is 0.881. The second kappa shape index (κ2) is 4.79. The first kappa shape index (κ1) is 12.6. The third-order valence-corrected chi connectivity index (χ3v) is 3.56. The maximum absolute atomic E-state index is 11.1. The van der Waals surface area contributed by atoms with Crippen molar-refractivity contribution in [3.8, 4) is 6.07 Å². The first-order valence-corrected chi connectivity index (χ1v) is 5.98. The minimum absolute atomic E-state index is 0.586. The molecule has 1 aliphatic heterocycles. The fourth-order valence-electron chi connectivity index (χ4n) is 2.31. The zero-order valence-corrected chi connectivity index (χ0v) is 10.4. The van der Waals surface area contributed by atoms with Crippen LogP contribution in [0.15, 0.2) is 24.3 Å². The molecule has 1 atom stereocenters. The van der Waals surface area contributed by atoms with Crippen molar-refractivity contribution in [3.63, 3.8) is 0 Å². The predicted octanol–water partition coefficient (Wildman–Crippen LogP) is 1.85. The maximum atomic E-state index is 11.1. The molecule has 1 fully saturated rings. The Bertz CT molecular complexity index is 490. The van der Waals surface area contributed by atoms with E-state index in [2.05, 4.69) is 11.0 Å². The number of benzene rings is 1. The van der Waals surface area contributed by atoms with E-state index in [1.807, 2.05) is 12.1 Å². The van der Waals surface area contributed by atoms with Gasteiger partial charge in [0, 0.05) is 13.1 Å². The van der Waals surface area contributed by atoms with Crippen LogP contribution in [0.5, 0.6) is 0 Å². The lowest BCUT2D eigenvalue weighted by Gasteiger charge is -2.20. The highest BCUT2D eigenvalue weighted by atomic mass is 16.4. The number of aliphatic carboxylic acids is 1. The molecule has 1 N–H and O–H groups in total. The van der Waals surface area contributed by atoms with Gasteiger partial charge in [-0.15, -0.1) is 0 Å². The van der Waals surface area contributed by atoms with Gasteiger partial charge in [0.1, 0.15) is 0 Å². The Kier molecular flexibility index (Phi) is 3.35. The number of likely N-dealkylation sites (tertiary alicyclic amines) is 1. The van der Waals surface area contributed by atoms with Gasteiger partial charge in [0.25, 0.3) is 0 Å². The molecule has 0 spiro atoms. The van der Waals surface area contributed by atoms with Gasteiger partial charge in [-0.2, -0.15) is 5.26 Å². The summed E-state index contributed by atoms with van der Waals surface area (Å²) in [6, 6.07) is 9.52. The van der Waals surface area contributed by atoms with Crippen LogP contribution in [0.25, 0.3) is 0 Å². The van der Waals surface area contributed by atoms with Crippen molar-refractivity contribution < 1.29 is 9.90 Å². The van der Waals surface area contributed by atoms with Gasteiger partial charge in [0.15, 0.2) is 0 Å². The van der Waals surface area contributed by atoms with Crippen LogP contribution < -0.4 is 0 Å². The third-order valence-electron chi connectivity index (χ3n) is 3.56. The van der Waals surface area contributed by atoms with Gasteiger partial charge >= 0.3 is 5.97 Å². The molecule has 0 radical (unpaired) electrons. The molecule has 4 heteroatoms. The fourth-order valence-corrected chi connectivity index (χ4v) is 2.31. The zero-order chi connectivity index (χ0) is 13.2. The fraction of sp³-hybridized carbons (Fsp3) is 0.429. The van der Waals surface area contributed by atoms with Gasteiger partial charge in [0.2, 0.25) is 0 Å². The number of rotatable bonds is 3. The summed E-state index contributed by atoms with van der Waals surface area (Å²) in [5.41, 5.74) is 1.14.